The van der Waals surface area contributed by atoms with E-state index in [2.05, 4.69) is 5.32 Å². The van der Waals surface area contributed by atoms with Crippen molar-refractivity contribution in [3.05, 3.63) is 37.9 Å². The molecule has 1 aromatic carbocycles. The number of amides is 1. The van der Waals surface area contributed by atoms with Gasteiger partial charge in [0.25, 0.3) is 5.75 Å². The lowest BCUT2D eigenvalue weighted by Gasteiger charge is -2.13. The number of hydrogen-bond acceptors (Lipinski definition) is 7. The predicted octanol–water partition coefficient (Wildman–Crippen LogP) is 0.340. The van der Waals surface area contributed by atoms with Crippen LogP contribution in [0.2, 0.25) is 0 Å². The van der Waals surface area contributed by atoms with Gasteiger partial charge in [-0.25, -0.2) is 4.79 Å². The third-order valence-corrected chi connectivity index (χ3v) is 2.64. The van der Waals surface area contributed by atoms with Crippen LogP contribution in [0, 0.1) is 20.2 Å². The molecule has 0 fully saturated rings. The van der Waals surface area contributed by atoms with E-state index in [1.165, 1.54) is 0 Å². The maximum Gasteiger partial charge on any atom is 0.326 e. The highest BCUT2D eigenvalue weighted by atomic mass is 16.6. The minimum absolute atomic E-state index is 0.0858. The number of aromatic hydroxyl groups is 1. The van der Waals surface area contributed by atoms with E-state index in [1.54, 1.807) is 0 Å². The Morgan fingerprint density at radius 1 is 1.23 bits per heavy atom. The van der Waals surface area contributed by atoms with E-state index in [0.717, 1.165) is 19.1 Å². The number of carbonyl (C=O) groups excluding carboxylic acids is 1. The van der Waals surface area contributed by atoms with Gasteiger partial charge in [-0.3, -0.25) is 25.0 Å². The van der Waals surface area contributed by atoms with Gasteiger partial charge < -0.3 is 15.5 Å². The van der Waals surface area contributed by atoms with E-state index in [4.69, 9.17) is 5.11 Å². The average Bonchev–Trinajstić information content (AvgIpc) is 2.38. The molecule has 22 heavy (non-hydrogen) atoms. The molecule has 0 aromatic heterocycles. The van der Waals surface area contributed by atoms with E-state index >= 15 is 0 Å². The number of phenols is 1. The molecule has 0 radical (unpaired) electrons. The summed E-state index contributed by atoms with van der Waals surface area (Å²) in [6.45, 7) is 1.08. The monoisotopic (exact) mass is 313 g/mol. The number of hydrogen-bond donors (Lipinski definition) is 3. The Labute approximate surface area is 122 Å². The summed E-state index contributed by atoms with van der Waals surface area (Å²) in [6, 6.07) is 0.224. The van der Waals surface area contributed by atoms with Gasteiger partial charge in [-0.1, -0.05) is 0 Å². The molecule has 1 unspecified atom stereocenters. The minimum atomic E-state index is -1.42. The van der Waals surface area contributed by atoms with E-state index in [-0.39, 0.29) is 5.56 Å². The summed E-state index contributed by atoms with van der Waals surface area (Å²) in [5.74, 6) is -3.17. The normalized spacial score (nSPS) is 11.5. The molecule has 0 bridgehead atoms. The lowest BCUT2D eigenvalue weighted by atomic mass is 10.0. The van der Waals surface area contributed by atoms with E-state index in [1.807, 2.05) is 0 Å². The molecule has 11 heteroatoms. The van der Waals surface area contributed by atoms with Gasteiger partial charge in [0, 0.05) is 25.5 Å². The summed E-state index contributed by atoms with van der Waals surface area (Å²) >= 11 is 0. The van der Waals surface area contributed by atoms with Crippen LogP contribution in [0.3, 0.4) is 0 Å². The summed E-state index contributed by atoms with van der Waals surface area (Å²) in [5, 5.41) is 42.1. The maximum atomic E-state index is 11.0. The Morgan fingerprint density at radius 3 is 2.00 bits per heavy atom. The van der Waals surface area contributed by atoms with Crippen LogP contribution in [0.25, 0.3) is 0 Å². The summed E-state index contributed by atoms with van der Waals surface area (Å²) in [5.41, 5.74) is -1.93. The standard InChI is InChI=1S/C11H11N3O8/c1-5(15)12-7(11(17)18)2-6-3-8(13(19)20)10(16)9(4-6)14(21)22/h3-4,7,16H,2H2,1H3,(H,12,15)(H,17,18). The fraction of sp³-hybridized carbons (Fsp3) is 0.273. The molecule has 3 N–H and O–H groups in total. The second-order valence-electron chi connectivity index (χ2n) is 4.29. The first-order valence-electron chi connectivity index (χ1n) is 5.78. The van der Waals surface area contributed by atoms with Crippen molar-refractivity contribution in [2.45, 2.75) is 19.4 Å². The molecule has 0 aliphatic carbocycles. The highest BCUT2D eigenvalue weighted by molar-refractivity contribution is 5.82. The van der Waals surface area contributed by atoms with E-state index in [0.29, 0.717) is 0 Å². The van der Waals surface area contributed by atoms with Gasteiger partial charge in [0.05, 0.1) is 9.85 Å². The summed E-state index contributed by atoms with van der Waals surface area (Å²) < 4.78 is 0. The molecule has 0 heterocycles. The molecule has 0 saturated heterocycles. The number of nitrogens with one attached hydrogen (secondary N) is 1. The van der Waals surface area contributed by atoms with Crippen molar-refractivity contribution >= 4 is 23.3 Å². The maximum absolute atomic E-state index is 11.0. The molecular weight excluding hydrogens is 302 g/mol. The topological polar surface area (TPSA) is 173 Å². The lowest BCUT2D eigenvalue weighted by molar-refractivity contribution is -0.396. The Morgan fingerprint density at radius 2 is 1.68 bits per heavy atom. The number of carboxylic acids is 1. The zero-order valence-electron chi connectivity index (χ0n) is 11.2. The number of benzene rings is 1. The second kappa shape index (κ2) is 6.47. The van der Waals surface area contributed by atoms with Crippen molar-refractivity contribution in [3.8, 4) is 5.75 Å². The van der Waals surface area contributed by atoms with Crippen LogP contribution in [0.1, 0.15) is 12.5 Å². The van der Waals surface area contributed by atoms with Gasteiger partial charge in [-0.2, -0.15) is 0 Å². The van der Waals surface area contributed by atoms with Gasteiger partial charge in [0.2, 0.25) is 5.91 Å². The van der Waals surface area contributed by atoms with E-state index in [9.17, 15) is 34.9 Å². The number of phenolic OH excluding ortho intramolecular Hbond substituents is 1. The van der Waals surface area contributed by atoms with Gasteiger partial charge >= 0.3 is 17.3 Å². The molecule has 1 aromatic rings. The number of rotatable bonds is 6. The van der Waals surface area contributed by atoms with Crippen LogP contribution < -0.4 is 5.32 Å². The highest BCUT2D eigenvalue weighted by Gasteiger charge is 2.28. The van der Waals surface area contributed by atoms with Crippen LogP contribution in [-0.2, 0) is 16.0 Å². The average molecular weight is 313 g/mol. The van der Waals surface area contributed by atoms with Crippen molar-refractivity contribution in [3.63, 3.8) is 0 Å². The summed E-state index contributed by atoms with van der Waals surface area (Å²) in [7, 11) is 0. The number of aliphatic carboxylic acids is 1. The van der Waals surface area contributed by atoms with Crippen LogP contribution >= 0.6 is 0 Å². The fourth-order valence-corrected chi connectivity index (χ4v) is 1.74. The first-order valence-corrected chi connectivity index (χ1v) is 5.78. The summed E-state index contributed by atoms with van der Waals surface area (Å²) in [4.78, 5) is 41.4. The first kappa shape index (κ1) is 16.8. The SMILES string of the molecule is CC(=O)NC(Cc1cc([N+](=O)[O-])c(O)c([N+](=O)[O-])c1)C(=O)O. The largest absolute Gasteiger partial charge is 0.497 e. The van der Waals surface area contributed by atoms with Gasteiger partial charge in [-0.05, 0) is 5.56 Å². The molecule has 118 valence electrons. The molecular formula is C11H11N3O8. The molecule has 0 aliphatic rings. The van der Waals surface area contributed by atoms with Gasteiger partial charge in [0.1, 0.15) is 6.04 Å². The molecule has 1 rings (SSSR count). The van der Waals surface area contributed by atoms with Crippen LogP contribution in [0.5, 0.6) is 5.75 Å². The fourth-order valence-electron chi connectivity index (χ4n) is 1.74. The zero-order valence-corrected chi connectivity index (χ0v) is 11.2. The van der Waals surface area contributed by atoms with Crippen molar-refractivity contribution in [2.24, 2.45) is 0 Å². The van der Waals surface area contributed by atoms with Crippen molar-refractivity contribution in [2.75, 3.05) is 0 Å². The molecule has 1 atom stereocenters. The number of carboxylic acid groups (broad SMARTS) is 1. The number of carbonyl (C=O) groups is 2. The Kier molecular flexibility index (Phi) is 4.95. The smallest absolute Gasteiger partial charge is 0.326 e. The number of nitro benzene ring substituents is 2. The number of nitrogens with zero attached hydrogens (tertiary/aromatic N) is 2. The van der Waals surface area contributed by atoms with Crippen molar-refractivity contribution in [1.29, 1.82) is 0 Å². The summed E-state index contributed by atoms with van der Waals surface area (Å²) in [6.07, 6.45) is -0.420. The Balaban J connectivity index is 3.29. The highest BCUT2D eigenvalue weighted by Crippen LogP contribution is 2.36. The molecule has 0 aliphatic heterocycles. The van der Waals surface area contributed by atoms with Gasteiger partial charge in [-0.15, -0.1) is 0 Å². The van der Waals surface area contributed by atoms with Crippen LogP contribution in [-0.4, -0.2) is 38.0 Å². The van der Waals surface area contributed by atoms with Gasteiger partial charge in [0.15, 0.2) is 0 Å². The predicted molar refractivity (Wildman–Crippen MR) is 70.4 cm³/mol. The molecule has 1 amide bonds. The van der Waals surface area contributed by atoms with Crippen molar-refractivity contribution in [1.82, 2.24) is 5.32 Å². The Hall–Kier alpha value is -3.24. The quantitative estimate of drug-likeness (QED) is 0.497. The van der Waals surface area contributed by atoms with Crippen molar-refractivity contribution < 1.29 is 29.6 Å². The molecule has 0 saturated carbocycles. The molecule has 0 spiro atoms. The Bertz CT molecular complexity index is 622. The first-order chi connectivity index (χ1) is 10.1. The van der Waals surface area contributed by atoms with Crippen LogP contribution in [0.15, 0.2) is 12.1 Å². The van der Waals surface area contributed by atoms with Crippen LogP contribution in [0.4, 0.5) is 11.4 Å². The third-order valence-electron chi connectivity index (χ3n) is 2.64. The second-order valence-corrected chi connectivity index (χ2v) is 4.29. The third kappa shape index (κ3) is 3.88. The number of nitro groups is 2. The minimum Gasteiger partial charge on any atom is -0.497 e. The lowest BCUT2D eigenvalue weighted by Crippen LogP contribution is -2.41. The zero-order chi connectivity index (χ0) is 17.0. The van der Waals surface area contributed by atoms with E-state index < -0.39 is 51.3 Å². The molecule has 11 nitrogen and oxygen atoms in total.